The van der Waals surface area contributed by atoms with Crippen molar-refractivity contribution in [3.63, 3.8) is 0 Å². The molecule has 0 aromatic heterocycles. The Morgan fingerprint density at radius 1 is 1.21 bits per heavy atom. The van der Waals surface area contributed by atoms with E-state index in [-0.39, 0.29) is 48.8 Å². The summed E-state index contributed by atoms with van der Waals surface area (Å²) >= 11 is 4.14. The van der Waals surface area contributed by atoms with E-state index < -0.39 is 18.1 Å². The first-order valence-corrected chi connectivity index (χ1v) is 13.8. The van der Waals surface area contributed by atoms with E-state index in [9.17, 15) is 15.0 Å². The normalized spacial score (nSPS) is 25.9. The molecule has 2 aromatic carbocycles. The molecule has 4 aliphatic rings. The van der Waals surface area contributed by atoms with Crippen LogP contribution in [0.4, 0.5) is 0 Å². The molecule has 0 aliphatic carbocycles. The molecule has 0 spiro atoms. The fourth-order valence-corrected chi connectivity index (χ4v) is 7.22. The van der Waals surface area contributed by atoms with Crippen molar-refractivity contribution in [3.8, 4) is 28.7 Å². The number of nitrogens with two attached hydrogens (primary N) is 1. The first kappa shape index (κ1) is 26.4. The number of benzene rings is 2. The predicted molar refractivity (Wildman–Crippen MR) is 146 cm³/mol. The standard InChI is InChI=1S/C28H35N3O7S/c1-12-5-14-6-15-8-31-18(22(30(15)3)20(14)24(33)25(12)35-4)7-16-21(19(31)9-36-28(34)17(29)10-39)27-26(37-11-38-27)13(2)23(16)32/h5,15,17-19,22,32-33,39H,6-11,29H2,1-4H3/t15-,17?,18?,19?,22?/m0/s1. The summed E-state index contributed by atoms with van der Waals surface area (Å²) < 4.78 is 23.0. The first-order valence-electron chi connectivity index (χ1n) is 13.2. The number of aromatic hydroxyl groups is 2. The average molecular weight is 558 g/mol. The number of piperazine rings is 1. The number of phenols is 2. The number of carbonyl (C=O) groups excluding carboxylic acids is 1. The van der Waals surface area contributed by atoms with Gasteiger partial charge in [0.25, 0.3) is 0 Å². The molecule has 39 heavy (non-hydrogen) atoms. The smallest absolute Gasteiger partial charge is 0.323 e. The topological polar surface area (TPSA) is 127 Å². The zero-order chi connectivity index (χ0) is 27.7. The summed E-state index contributed by atoms with van der Waals surface area (Å²) in [4.78, 5) is 17.3. The largest absolute Gasteiger partial charge is 0.507 e. The van der Waals surface area contributed by atoms with Gasteiger partial charge in [-0.3, -0.25) is 14.6 Å². The van der Waals surface area contributed by atoms with Gasteiger partial charge in [-0.2, -0.15) is 12.6 Å². The molecule has 210 valence electrons. The molecule has 1 fully saturated rings. The lowest BCUT2D eigenvalue weighted by Gasteiger charge is -2.57. The number of rotatable bonds is 5. The number of hydrogen-bond acceptors (Lipinski definition) is 11. The molecular weight excluding hydrogens is 522 g/mol. The van der Waals surface area contributed by atoms with Crippen LogP contribution in [0.15, 0.2) is 6.07 Å². The van der Waals surface area contributed by atoms with Gasteiger partial charge in [0.1, 0.15) is 18.4 Å². The molecule has 2 bridgehead atoms. The first-order chi connectivity index (χ1) is 18.7. The van der Waals surface area contributed by atoms with Crippen LogP contribution in [0.25, 0.3) is 0 Å². The molecule has 0 saturated carbocycles. The minimum absolute atomic E-state index is 0.0291. The number of aryl methyl sites for hydroxylation is 1. The van der Waals surface area contributed by atoms with Crippen LogP contribution >= 0.6 is 12.6 Å². The summed E-state index contributed by atoms with van der Waals surface area (Å²) in [6.45, 7) is 4.55. The number of methoxy groups -OCH3 is 1. The summed E-state index contributed by atoms with van der Waals surface area (Å²) in [5.41, 5.74) is 10.9. The molecular formula is C28H35N3O7S. The highest BCUT2D eigenvalue weighted by atomic mass is 32.1. The lowest BCUT2D eigenvalue weighted by Crippen LogP contribution is -2.64. The minimum Gasteiger partial charge on any atom is -0.507 e. The highest BCUT2D eigenvalue weighted by Gasteiger charge is 2.52. The fraction of sp³-hybridized carbons (Fsp3) is 0.536. The van der Waals surface area contributed by atoms with Crippen molar-refractivity contribution in [1.29, 1.82) is 0 Å². The summed E-state index contributed by atoms with van der Waals surface area (Å²) in [6, 6.07) is 0.712. The van der Waals surface area contributed by atoms with Gasteiger partial charge in [-0.1, -0.05) is 6.07 Å². The summed E-state index contributed by atoms with van der Waals surface area (Å²) in [5.74, 6) is 1.53. The number of thiol groups is 1. The van der Waals surface area contributed by atoms with Crippen LogP contribution < -0.4 is 19.9 Å². The lowest BCUT2D eigenvalue weighted by molar-refractivity contribution is -0.148. The van der Waals surface area contributed by atoms with Crippen molar-refractivity contribution in [2.45, 2.75) is 56.9 Å². The number of phenolic OH excluding ortho intramolecular Hbond substituents is 2. The van der Waals surface area contributed by atoms with Gasteiger partial charge in [0.2, 0.25) is 6.79 Å². The third-order valence-electron chi connectivity index (χ3n) is 8.94. The van der Waals surface area contributed by atoms with Gasteiger partial charge in [-0.15, -0.1) is 0 Å². The van der Waals surface area contributed by atoms with E-state index in [0.29, 0.717) is 35.8 Å². The van der Waals surface area contributed by atoms with E-state index >= 15 is 0 Å². The van der Waals surface area contributed by atoms with E-state index in [1.165, 1.54) is 0 Å². The molecule has 5 atom stereocenters. The Morgan fingerprint density at radius 2 is 1.95 bits per heavy atom. The van der Waals surface area contributed by atoms with Crippen LogP contribution in [-0.4, -0.2) is 84.0 Å². The van der Waals surface area contributed by atoms with Gasteiger partial charge < -0.3 is 34.9 Å². The Kier molecular flexibility index (Phi) is 6.53. The number of esters is 1. The van der Waals surface area contributed by atoms with Crippen LogP contribution in [0.1, 0.15) is 45.5 Å². The van der Waals surface area contributed by atoms with Gasteiger partial charge in [0.15, 0.2) is 23.0 Å². The number of ether oxygens (including phenoxy) is 4. The lowest BCUT2D eigenvalue weighted by atomic mass is 9.74. The maximum atomic E-state index is 12.6. The third kappa shape index (κ3) is 3.85. The Labute approximate surface area is 233 Å². The molecule has 1 saturated heterocycles. The summed E-state index contributed by atoms with van der Waals surface area (Å²) in [7, 11) is 3.65. The number of carbonyl (C=O) groups is 1. The Hall–Kier alpha value is -2.86. The molecule has 0 amide bonds. The molecule has 6 rings (SSSR count). The molecule has 4 unspecified atom stereocenters. The quantitative estimate of drug-likeness (QED) is 0.321. The van der Waals surface area contributed by atoms with E-state index in [4.69, 9.17) is 24.7 Å². The molecule has 11 heteroatoms. The molecule has 0 radical (unpaired) electrons. The van der Waals surface area contributed by atoms with Gasteiger partial charge in [-0.25, -0.2) is 0 Å². The highest BCUT2D eigenvalue weighted by molar-refractivity contribution is 7.80. The Bertz CT molecular complexity index is 1350. The van der Waals surface area contributed by atoms with Crippen LogP contribution in [-0.2, 0) is 22.4 Å². The molecule has 10 nitrogen and oxygen atoms in total. The molecule has 2 aromatic rings. The van der Waals surface area contributed by atoms with Crippen molar-refractivity contribution in [2.75, 3.05) is 39.9 Å². The second-order valence-corrected chi connectivity index (χ2v) is 11.3. The summed E-state index contributed by atoms with van der Waals surface area (Å²) in [5, 5.41) is 22.8. The van der Waals surface area contributed by atoms with E-state index in [1.807, 2.05) is 13.8 Å². The van der Waals surface area contributed by atoms with E-state index in [0.717, 1.165) is 34.2 Å². The summed E-state index contributed by atoms with van der Waals surface area (Å²) in [6.07, 6.45) is 1.26. The van der Waals surface area contributed by atoms with Crippen LogP contribution in [0.3, 0.4) is 0 Å². The number of nitrogens with zero attached hydrogens (tertiary/aromatic N) is 2. The SMILES string of the molecule is COc1c(C)cc2c(c1O)C1C3Cc4c(O)c(C)c5c(c4C(COC(=O)C(N)CS)N3C[C@H](C2)N1C)OCO5. The number of hydrogen-bond donors (Lipinski definition) is 4. The average Bonchev–Trinajstić information content (AvgIpc) is 3.40. The third-order valence-corrected chi connectivity index (χ3v) is 9.33. The molecule has 4 heterocycles. The maximum absolute atomic E-state index is 12.6. The molecule has 4 N–H and O–H groups in total. The Morgan fingerprint density at radius 3 is 2.67 bits per heavy atom. The van der Waals surface area contributed by atoms with E-state index in [2.05, 4.69) is 35.5 Å². The zero-order valence-electron chi connectivity index (χ0n) is 22.6. The van der Waals surface area contributed by atoms with Gasteiger partial charge >= 0.3 is 5.97 Å². The predicted octanol–water partition coefficient (Wildman–Crippen LogP) is 2.13. The zero-order valence-corrected chi connectivity index (χ0v) is 23.5. The maximum Gasteiger partial charge on any atom is 0.323 e. The van der Waals surface area contributed by atoms with Crippen LogP contribution in [0.5, 0.6) is 28.7 Å². The van der Waals surface area contributed by atoms with Crippen LogP contribution in [0.2, 0.25) is 0 Å². The van der Waals surface area contributed by atoms with Gasteiger partial charge in [0.05, 0.1) is 19.2 Å². The van der Waals surface area contributed by atoms with Crippen molar-refractivity contribution < 1.29 is 34.0 Å². The van der Waals surface area contributed by atoms with Crippen LogP contribution in [0, 0.1) is 13.8 Å². The monoisotopic (exact) mass is 557 g/mol. The second kappa shape index (κ2) is 9.65. The minimum atomic E-state index is -0.838. The van der Waals surface area contributed by atoms with Gasteiger partial charge in [-0.05, 0) is 44.9 Å². The van der Waals surface area contributed by atoms with Crippen molar-refractivity contribution in [2.24, 2.45) is 5.73 Å². The van der Waals surface area contributed by atoms with Crippen molar-refractivity contribution in [3.05, 3.63) is 39.4 Å². The van der Waals surface area contributed by atoms with Crippen molar-refractivity contribution in [1.82, 2.24) is 9.80 Å². The molecule has 4 aliphatic heterocycles. The number of fused-ring (bicyclic) bond motifs is 9. The fourth-order valence-electron chi connectivity index (χ4n) is 7.07. The van der Waals surface area contributed by atoms with Gasteiger partial charge in [0, 0.05) is 46.6 Å². The highest BCUT2D eigenvalue weighted by Crippen LogP contribution is 2.57. The Balaban J connectivity index is 1.50. The van der Waals surface area contributed by atoms with E-state index in [1.54, 1.807) is 7.11 Å². The second-order valence-electron chi connectivity index (χ2n) is 11.0. The number of likely N-dealkylation sites (N-methyl/N-ethyl adjacent to an activating group) is 1. The van der Waals surface area contributed by atoms with Crippen molar-refractivity contribution >= 4 is 18.6 Å².